The van der Waals surface area contributed by atoms with Gasteiger partial charge >= 0.3 is 6.18 Å². The van der Waals surface area contributed by atoms with Gasteiger partial charge in [-0.05, 0) is 32.0 Å². The standard InChI is InChI=1S/C18H15F3N6OS2/c1-9-7-14-24-25-15(10(2)27(14)26-9)16(28)22-11-3-4-12-13(8-11)30-17(23-12)29-6-5-18(19,20)21/h3-4,7-8H,5-6H2,1-2H3,(H,22,28). The zero-order valence-electron chi connectivity index (χ0n) is 15.8. The second-order valence-electron chi connectivity index (χ2n) is 6.52. The number of anilines is 1. The van der Waals surface area contributed by atoms with E-state index in [-0.39, 0.29) is 11.4 Å². The number of rotatable bonds is 5. The number of nitrogens with zero attached hydrogens (tertiary/aromatic N) is 5. The van der Waals surface area contributed by atoms with Crippen LogP contribution in [0.25, 0.3) is 15.9 Å². The zero-order chi connectivity index (χ0) is 21.5. The number of thiazole rings is 1. The Kier molecular flexibility index (Phi) is 5.36. The molecule has 0 aliphatic carbocycles. The molecule has 4 aromatic rings. The molecule has 0 unspecified atom stereocenters. The Hall–Kier alpha value is -2.73. The lowest BCUT2D eigenvalue weighted by Gasteiger charge is -2.07. The molecule has 3 heterocycles. The molecule has 0 spiro atoms. The van der Waals surface area contributed by atoms with E-state index in [1.165, 1.54) is 11.3 Å². The lowest BCUT2D eigenvalue weighted by Crippen LogP contribution is -2.18. The predicted molar refractivity (Wildman–Crippen MR) is 109 cm³/mol. The van der Waals surface area contributed by atoms with Gasteiger partial charge < -0.3 is 5.32 Å². The average molecular weight is 452 g/mol. The fourth-order valence-electron chi connectivity index (χ4n) is 2.77. The van der Waals surface area contributed by atoms with E-state index >= 15 is 0 Å². The number of benzene rings is 1. The van der Waals surface area contributed by atoms with Gasteiger partial charge in [-0.2, -0.15) is 18.3 Å². The first-order valence-corrected chi connectivity index (χ1v) is 10.6. The third kappa shape index (κ3) is 4.38. The molecule has 0 saturated carbocycles. The van der Waals surface area contributed by atoms with Crippen LogP contribution in [0.1, 0.15) is 28.3 Å². The van der Waals surface area contributed by atoms with Crippen molar-refractivity contribution in [3.63, 3.8) is 0 Å². The van der Waals surface area contributed by atoms with Crippen LogP contribution in [-0.4, -0.2) is 42.6 Å². The van der Waals surface area contributed by atoms with Crippen LogP contribution < -0.4 is 5.32 Å². The van der Waals surface area contributed by atoms with Crippen LogP contribution in [0.3, 0.4) is 0 Å². The fourth-order valence-corrected chi connectivity index (χ4v) is 4.94. The number of fused-ring (bicyclic) bond motifs is 2. The van der Waals surface area contributed by atoms with Crippen LogP contribution in [0.4, 0.5) is 18.9 Å². The Labute approximate surface area is 176 Å². The van der Waals surface area contributed by atoms with E-state index in [4.69, 9.17) is 0 Å². The van der Waals surface area contributed by atoms with Crippen molar-refractivity contribution < 1.29 is 18.0 Å². The van der Waals surface area contributed by atoms with E-state index in [1.807, 2.05) is 6.92 Å². The van der Waals surface area contributed by atoms with E-state index in [0.29, 0.717) is 26.9 Å². The van der Waals surface area contributed by atoms with Gasteiger partial charge in [-0.25, -0.2) is 9.50 Å². The zero-order valence-corrected chi connectivity index (χ0v) is 17.5. The van der Waals surface area contributed by atoms with Gasteiger partial charge in [0.1, 0.15) is 0 Å². The SMILES string of the molecule is Cc1cc2nnc(C(=O)Nc3ccc4nc(SCCC(F)(F)F)sc4c3)c(C)n2n1. The molecule has 0 atom stereocenters. The van der Waals surface area contributed by atoms with Gasteiger partial charge in [0.2, 0.25) is 0 Å². The summed E-state index contributed by atoms with van der Waals surface area (Å²) < 4.78 is 39.8. The Balaban J connectivity index is 1.51. The molecule has 0 radical (unpaired) electrons. The lowest BCUT2D eigenvalue weighted by atomic mass is 10.2. The number of aryl methyl sites for hydroxylation is 2. The summed E-state index contributed by atoms with van der Waals surface area (Å²) in [6, 6.07) is 6.90. The summed E-state index contributed by atoms with van der Waals surface area (Å²) in [5, 5.41) is 15.1. The molecule has 7 nitrogen and oxygen atoms in total. The average Bonchev–Trinajstić information content (AvgIpc) is 3.23. The van der Waals surface area contributed by atoms with Crippen molar-refractivity contribution in [3.8, 4) is 0 Å². The Morgan fingerprint density at radius 1 is 1.23 bits per heavy atom. The van der Waals surface area contributed by atoms with Gasteiger partial charge in [0, 0.05) is 17.5 Å². The van der Waals surface area contributed by atoms with Gasteiger partial charge in [0.05, 0.1) is 28.0 Å². The maximum atomic E-state index is 12.7. The van der Waals surface area contributed by atoms with E-state index in [1.54, 1.807) is 35.7 Å². The number of aromatic nitrogens is 5. The van der Waals surface area contributed by atoms with Crippen molar-refractivity contribution in [1.82, 2.24) is 24.8 Å². The molecule has 0 fully saturated rings. The summed E-state index contributed by atoms with van der Waals surface area (Å²) in [6.07, 6.45) is -5.05. The molecule has 0 bridgehead atoms. The largest absolute Gasteiger partial charge is 0.389 e. The summed E-state index contributed by atoms with van der Waals surface area (Å²) in [5.74, 6) is -0.515. The van der Waals surface area contributed by atoms with Gasteiger partial charge in [0.25, 0.3) is 5.91 Å². The van der Waals surface area contributed by atoms with Crippen LogP contribution in [0.2, 0.25) is 0 Å². The Bertz CT molecular complexity index is 1250. The molecule has 1 aromatic carbocycles. The van der Waals surface area contributed by atoms with Crippen molar-refractivity contribution in [2.24, 2.45) is 0 Å². The summed E-state index contributed by atoms with van der Waals surface area (Å²) in [4.78, 5) is 17.0. The number of halogens is 3. The third-order valence-electron chi connectivity index (χ3n) is 4.18. The Morgan fingerprint density at radius 3 is 2.80 bits per heavy atom. The highest BCUT2D eigenvalue weighted by Gasteiger charge is 2.26. The number of thioether (sulfide) groups is 1. The van der Waals surface area contributed by atoms with Crippen molar-refractivity contribution in [1.29, 1.82) is 0 Å². The summed E-state index contributed by atoms with van der Waals surface area (Å²) in [7, 11) is 0. The fraction of sp³-hybridized carbons (Fsp3) is 0.278. The highest BCUT2D eigenvalue weighted by atomic mass is 32.2. The molecule has 0 saturated heterocycles. The van der Waals surface area contributed by atoms with E-state index in [2.05, 4.69) is 25.6 Å². The van der Waals surface area contributed by atoms with Gasteiger partial charge in [0.15, 0.2) is 15.7 Å². The quantitative estimate of drug-likeness (QED) is 0.444. The highest BCUT2D eigenvalue weighted by molar-refractivity contribution is 8.01. The van der Waals surface area contributed by atoms with E-state index < -0.39 is 18.5 Å². The first kappa shape index (κ1) is 20.5. The molecule has 0 aliphatic rings. The van der Waals surface area contributed by atoms with Crippen LogP contribution in [-0.2, 0) is 0 Å². The van der Waals surface area contributed by atoms with Gasteiger partial charge in [-0.15, -0.1) is 21.5 Å². The Morgan fingerprint density at radius 2 is 2.03 bits per heavy atom. The first-order valence-electron chi connectivity index (χ1n) is 8.81. The van der Waals surface area contributed by atoms with Crippen molar-refractivity contribution in [3.05, 3.63) is 41.3 Å². The van der Waals surface area contributed by atoms with Crippen LogP contribution in [0, 0.1) is 13.8 Å². The lowest BCUT2D eigenvalue weighted by molar-refractivity contribution is -0.129. The minimum absolute atomic E-state index is 0.0831. The molecule has 12 heteroatoms. The highest BCUT2D eigenvalue weighted by Crippen LogP contribution is 2.33. The second-order valence-corrected chi connectivity index (χ2v) is 8.89. The number of carbonyl (C=O) groups excluding carboxylic acids is 1. The summed E-state index contributed by atoms with van der Waals surface area (Å²) in [6.45, 7) is 3.56. The van der Waals surface area contributed by atoms with Crippen LogP contribution >= 0.6 is 23.1 Å². The van der Waals surface area contributed by atoms with Gasteiger partial charge in [-0.1, -0.05) is 11.8 Å². The third-order valence-corrected chi connectivity index (χ3v) is 6.34. The van der Waals surface area contributed by atoms with Crippen LogP contribution in [0.5, 0.6) is 0 Å². The summed E-state index contributed by atoms with van der Waals surface area (Å²) >= 11 is 2.35. The summed E-state index contributed by atoms with van der Waals surface area (Å²) in [5.41, 5.74) is 3.23. The molecule has 156 valence electrons. The van der Waals surface area contributed by atoms with E-state index in [0.717, 1.165) is 22.2 Å². The maximum Gasteiger partial charge on any atom is 0.389 e. The molecular formula is C18H15F3N6OS2. The number of hydrogen-bond acceptors (Lipinski definition) is 7. The molecule has 3 aromatic heterocycles. The van der Waals surface area contributed by atoms with E-state index in [9.17, 15) is 18.0 Å². The van der Waals surface area contributed by atoms with Crippen molar-refractivity contribution in [2.45, 2.75) is 30.8 Å². The number of alkyl halides is 3. The molecule has 30 heavy (non-hydrogen) atoms. The number of nitrogens with one attached hydrogen (secondary N) is 1. The number of hydrogen-bond donors (Lipinski definition) is 1. The second kappa shape index (κ2) is 7.84. The topological polar surface area (TPSA) is 85.1 Å². The molecule has 0 aliphatic heterocycles. The molecule has 4 rings (SSSR count). The number of carbonyl (C=O) groups is 1. The predicted octanol–water partition coefficient (Wildman–Crippen LogP) is 4.65. The van der Waals surface area contributed by atoms with Gasteiger partial charge in [-0.3, -0.25) is 4.79 Å². The van der Waals surface area contributed by atoms with Crippen molar-refractivity contribution >= 4 is 50.6 Å². The molecule has 1 amide bonds. The first-order chi connectivity index (χ1) is 14.2. The molecule has 1 N–H and O–H groups in total. The van der Waals surface area contributed by atoms with Crippen molar-refractivity contribution in [2.75, 3.05) is 11.1 Å². The smallest absolute Gasteiger partial charge is 0.320 e. The normalized spacial score (nSPS) is 12.0. The van der Waals surface area contributed by atoms with Crippen LogP contribution in [0.15, 0.2) is 28.6 Å². The maximum absolute atomic E-state index is 12.7. The monoisotopic (exact) mass is 452 g/mol. The minimum atomic E-state index is -4.18. The minimum Gasteiger partial charge on any atom is -0.320 e. The number of amides is 1. The molecular weight excluding hydrogens is 437 g/mol.